The highest BCUT2D eigenvalue weighted by atomic mass is 16.5. The summed E-state index contributed by atoms with van der Waals surface area (Å²) >= 11 is 0. The van der Waals surface area contributed by atoms with Crippen molar-refractivity contribution in [3.63, 3.8) is 0 Å². The number of hydrogen-bond donors (Lipinski definition) is 1. The molecule has 0 bridgehead atoms. The van der Waals surface area contributed by atoms with Crippen LogP contribution in [0.4, 0.5) is 0 Å². The quantitative estimate of drug-likeness (QED) is 0.810. The van der Waals surface area contributed by atoms with Gasteiger partial charge in [0, 0.05) is 19.3 Å². The molecule has 1 N–H and O–H groups in total. The third kappa shape index (κ3) is 1.74. The first kappa shape index (κ1) is 10.2. The Bertz CT molecular complexity index is 361. The van der Waals surface area contributed by atoms with Gasteiger partial charge in [-0.1, -0.05) is 0 Å². The second-order valence-electron chi connectivity index (χ2n) is 3.60. The number of aryl methyl sites for hydroxylation is 1. The van der Waals surface area contributed by atoms with Crippen LogP contribution in [0.3, 0.4) is 0 Å². The number of nitrogens with zero attached hydrogens (tertiary/aromatic N) is 2. The molecule has 0 spiro atoms. The van der Waals surface area contributed by atoms with Crippen molar-refractivity contribution in [3.8, 4) is 0 Å². The Labute approximate surface area is 87.7 Å². The highest BCUT2D eigenvalue weighted by molar-refractivity contribution is 5.71. The molecular formula is C10H14N2O3. The Hall–Kier alpha value is -1.36. The molecule has 5 heteroatoms. The lowest BCUT2D eigenvalue weighted by Crippen LogP contribution is -2.20. The van der Waals surface area contributed by atoms with Gasteiger partial charge in [0.2, 0.25) is 0 Å². The van der Waals surface area contributed by atoms with Crippen LogP contribution < -0.4 is 0 Å². The summed E-state index contributed by atoms with van der Waals surface area (Å²) in [5, 5.41) is 13.2. The first-order chi connectivity index (χ1) is 7.24. The summed E-state index contributed by atoms with van der Waals surface area (Å²) in [6.07, 6.45) is 1.92. The molecule has 1 aliphatic rings. The summed E-state index contributed by atoms with van der Waals surface area (Å²) in [6.45, 7) is 3.21. The Kier molecular flexibility index (Phi) is 2.73. The van der Waals surface area contributed by atoms with Gasteiger partial charge in [-0.15, -0.1) is 0 Å². The van der Waals surface area contributed by atoms with E-state index in [0.29, 0.717) is 13.0 Å². The zero-order chi connectivity index (χ0) is 10.8. The van der Waals surface area contributed by atoms with Crippen molar-refractivity contribution in [2.24, 2.45) is 5.92 Å². The predicted molar refractivity (Wildman–Crippen MR) is 52.3 cm³/mol. The molecule has 0 saturated carbocycles. The van der Waals surface area contributed by atoms with Crippen LogP contribution in [0.5, 0.6) is 0 Å². The maximum atomic E-state index is 11.0. The van der Waals surface area contributed by atoms with Crippen LogP contribution in [0.1, 0.15) is 25.1 Å². The maximum Gasteiger partial charge on any atom is 0.309 e. The summed E-state index contributed by atoms with van der Waals surface area (Å²) < 4.78 is 7.26. The number of aromatic nitrogens is 2. The van der Waals surface area contributed by atoms with Crippen molar-refractivity contribution in [2.75, 3.05) is 6.61 Å². The topological polar surface area (TPSA) is 64.4 Å². The van der Waals surface area contributed by atoms with Gasteiger partial charge in [0.25, 0.3) is 0 Å². The van der Waals surface area contributed by atoms with E-state index in [4.69, 9.17) is 9.84 Å². The number of hydrogen-bond acceptors (Lipinski definition) is 3. The van der Waals surface area contributed by atoms with Crippen LogP contribution in [0, 0.1) is 5.92 Å². The molecule has 0 unspecified atom stereocenters. The fraction of sp³-hybridized carbons (Fsp3) is 0.600. The van der Waals surface area contributed by atoms with Crippen molar-refractivity contribution in [1.82, 2.24) is 9.78 Å². The third-order valence-electron chi connectivity index (χ3n) is 2.75. The Morgan fingerprint density at radius 1 is 1.80 bits per heavy atom. The minimum atomic E-state index is -0.790. The summed E-state index contributed by atoms with van der Waals surface area (Å²) in [6, 6.07) is 1.83. The van der Waals surface area contributed by atoms with Gasteiger partial charge in [-0.2, -0.15) is 5.10 Å². The molecule has 1 aromatic rings. The number of carboxylic acid groups (broad SMARTS) is 1. The maximum absolute atomic E-state index is 11.0. The summed E-state index contributed by atoms with van der Waals surface area (Å²) in [4.78, 5) is 11.0. The zero-order valence-electron chi connectivity index (χ0n) is 8.59. The Morgan fingerprint density at radius 3 is 3.27 bits per heavy atom. The van der Waals surface area contributed by atoms with Gasteiger partial charge in [-0.05, 0) is 19.4 Å². The molecule has 1 aliphatic heterocycles. The fourth-order valence-corrected chi connectivity index (χ4v) is 1.98. The van der Waals surface area contributed by atoms with Crippen LogP contribution in [-0.4, -0.2) is 27.5 Å². The first-order valence-electron chi connectivity index (χ1n) is 5.10. The SMILES string of the molecule is CCn1nccc1[C@@H]1OCC[C@H]1C(=O)O. The lowest BCUT2D eigenvalue weighted by Gasteiger charge is -2.15. The largest absolute Gasteiger partial charge is 0.481 e. The highest BCUT2D eigenvalue weighted by Crippen LogP contribution is 2.34. The van der Waals surface area contributed by atoms with E-state index in [-0.39, 0.29) is 6.10 Å². The minimum absolute atomic E-state index is 0.343. The summed E-state index contributed by atoms with van der Waals surface area (Å²) in [7, 11) is 0. The number of ether oxygens (including phenoxy) is 1. The first-order valence-corrected chi connectivity index (χ1v) is 5.10. The van der Waals surface area contributed by atoms with E-state index in [9.17, 15) is 4.79 Å². The van der Waals surface area contributed by atoms with Crippen LogP contribution in [-0.2, 0) is 16.1 Å². The van der Waals surface area contributed by atoms with Crippen LogP contribution in [0.15, 0.2) is 12.3 Å². The lowest BCUT2D eigenvalue weighted by atomic mass is 9.99. The normalized spacial score (nSPS) is 25.7. The van der Waals surface area contributed by atoms with Gasteiger partial charge in [0.05, 0.1) is 11.6 Å². The van der Waals surface area contributed by atoms with E-state index in [0.717, 1.165) is 12.2 Å². The molecule has 0 radical (unpaired) electrons. The average Bonchev–Trinajstić information content (AvgIpc) is 2.85. The van der Waals surface area contributed by atoms with Crippen molar-refractivity contribution in [3.05, 3.63) is 18.0 Å². The number of rotatable bonds is 3. The second-order valence-corrected chi connectivity index (χ2v) is 3.60. The molecule has 0 amide bonds. The molecule has 1 fully saturated rings. The predicted octanol–water partition coefficient (Wildman–Crippen LogP) is 1.07. The molecule has 15 heavy (non-hydrogen) atoms. The minimum Gasteiger partial charge on any atom is -0.481 e. The van der Waals surface area contributed by atoms with E-state index in [2.05, 4.69) is 5.10 Å². The van der Waals surface area contributed by atoms with E-state index in [1.807, 2.05) is 13.0 Å². The van der Waals surface area contributed by atoms with Gasteiger partial charge in [0.1, 0.15) is 6.10 Å². The fourth-order valence-electron chi connectivity index (χ4n) is 1.98. The van der Waals surface area contributed by atoms with Gasteiger partial charge in [-0.25, -0.2) is 0 Å². The van der Waals surface area contributed by atoms with Crippen molar-refractivity contribution in [2.45, 2.75) is 26.0 Å². The smallest absolute Gasteiger partial charge is 0.309 e. The van der Waals surface area contributed by atoms with E-state index in [1.54, 1.807) is 10.9 Å². The van der Waals surface area contributed by atoms with Crippen LogP contribution in [0.25, 0.3) is 0 Å². The number of carboxylic acids is 1. The van der Waals surface area contributed by atoms with Crippen molar-refractivity contribution < 1.29 is 14.6 Å². The van der Waals surface area contributed by atoms with Crippen molar-refractivity contribution in [1.29, 1.82) is 0 Å². The molecule has 1 saturated heterocycles. The molecule has 1 aromatic heterocycles. The Morgan fingerprint density at radius 2 is 2.60 bits per heavy atom. The van der Waals surface area contributed by atoms with Crippen LogP contribution >= 0.6 is 0 Å². The Balaban J connectivity index is 2.26. The molecule has 5 nitrogen and oxygen atoms in total. The van der Waals surface area contributed by atoms with E-state index >= 15 is 0 Å². The molecule has 82 valence electrons. The molecule has 0 aromatic carbocycles. The van der Waals surface area contributed by atoms with Crippen molar-refractivity contribution >= 4 is 5.97 Å². The molecule has 0 aliphatic carbocycles. The molecule has 2 heterocycles. The van der Waals surface area contributed by atoms with E-state index in [1.165, 1.54) is 0 Å². The number of carbonyl (C=O) groups is 1. The van der Waals surface area contributed by atoms with Gasteiger partial charge < -0.3 is 9.84 Å². The summed E-state index contributed by atoms with van der Waals surface area (Å²) in [5.41, 5.74) is 0.863. The van der Waals surface area contributed by atoms with E-state index < -0.39 is 11.9 Å². The second kappa shape index (κ2) is 4.02. The molecular weight excluding hydrogens is 196 g/mol. The van der Waals surface area contributed by atoms with Gasteiger partial charge >= 0.3 is 5.97 Å². The summed E-state index contributed by atoms with van der Waals surface area (Å²) in [5.74, 6) is -1.23. The van der Waals surface area contributed by atoms with Gasteiger partial charge in [-0.3, -0.25) is 9.48 Å². The monoisotopic (exact) mass is 210 g/mol. The average molecular weight is 210 g/mol. The molecule has 2 rings (SSSR count). The number of aliphatic carboxylic acids is 1. The molecule has 2 atom stereocenters. The standard InChI is InChI=1S/C10H14N2O3/c1-2-12-8(3-5-11-12)9-7(10(13)14)4-6-15-9/h3,5,7,9H,2,4,6H2,1H3,(H,13,14)/t7-,9-/m1/s1. The van der Waals surface area contributed by atoms with Gasteiger partial charge in [0.15, 0.2) is 0 Å². The zero-order valence-corrected chi connectivity index (χ0v) is 8.59. The third-order valence-corrected chi connectivity index (χ3v) is 2.75. The highest BCUT2D eigenvalue weighted by Gasteiger charge is 2.36. The van der Waals surface area contributed by atoms with Crippen LogP contribution in [0.2, 0.25) is 0 Å². The lowest BCUT2D eigenvalue weighted by molar-refractivity contribution is -0.143.